The zero-order valence-electron chi connectivity index (χ0n) is 24.9. The molecule has 8 rings (SSSR count). The van der Waals surface area contributed by atoms with Gasteiger partial charge < -0.3 is 14.4 Å². The highest BCUT2D eigenvalue weighted by atomic mass is 32.2. The lowest BCUT2D eigenvalue weighted by molar-refractivity contribution is 0.122. The first-order valence-electron chi connectivity index (χ1n) is 15.2. The van der Waals surface area contributed by atoms with Gasteiger partial charge in [0.05, 0.1) is 13.2 Å². The number of benzene rings is 5. The lowest BCUT2D eigenvalue weighted by atomic mass is 9.77. The Morgan fingerprint density at radius 3 is 2.26 bits per heavy atom. The molecular formula is C39H35NO2S. The summed E-state index contributed by atoms with van der Waals surface area (Å²) < 4.78 is 13.1. The Kier molecular flexibility index (Phi) is 6.22. The molecule has 1 saturated heterocycles. The number of nitrogens with zero attached hydrogens (tertiary/aromatic N) is 1. The van der Waals surface area contributed by atoms with Gasteiger partial charge in [-0.2, -0.15) is 0 Å². The molecule has 0 N–H and O–H groups in total. The van der Waals surface area contributed by atoms with Crippen LogP contribution < -0.4 is 9.64 Å². The minimum atomic E-state index is -0.760. The largest absolute Gasteiger partial charge is 0.472 e. The maximum Gasteiger partial charge on any atom is 0.178 e. The van der Waals surface area contributed by atoms with Gasteiger partial charge in [0, 0.05) is 51.2 Å². The summed E-state index contributed by atoms with van der Waals surface area (Å²) in [5, 5.41) is 2.42. The van der Waals surface area contributed by atoms with E-state index < -0.39 is 5.60 Å². The summed E-state index contributed by atoms with van der Waals surface area (Å²) in [5.74, 6) is 0.967. The van der Waals surface area contributed by atoms with E-state index in [1.165, 1.54) is 49.2 Å². The van der Waals surface area contributed by atoms with Crippen molar-refractivity contribution in [3.8, 4) is 16.9 Å². The smallest absolute Gasteiger partial charge is 0.178 e. The highest BCUT2D eigenvalue weighted by molar-refractivity contribution is 7.98. The monoisotopic (exact) mass is 581 g/mol. The maximum absolute atomic E-state index is 7.48. The number of thioether (sulfide) groups is 1. The number of ether oxygens (including phenoxy) is 2. The van der Waals surface area contributed by atoms with Crippen molar-refractivity contribution < 1.29 is 9.47 Å². The molecule has 0 spiro atoms. The van der Waals surface area contributed by atoms with Crippen molar-refractivity contribution in [3.63, 3.8) is 0 Å². The van der Waals surface area contributed by atoms with Crippen LogP contribution in [0.3, 0.4) is 0 Å². The first-order chi connectivity index (χ1) is 21.0. The second-order valence-electron chi connectivity index (χ2n) is 12.3. The normalized spacial score (nSPS) is 19.9. The maximum atomic E-state index is 7.48. The van der Waals surface area contributed by atoms with Crippen LogP contribution in [0.25, 0.3) is 28.0 Å². The van der Waals surface area contributed by atoms with Crippen LogP contribution in [-0.4, -0.2) is 32.6 Å². The average molecular weight is 582 g/mol. The van der Waals surface area contributed by atoms with Crippen molar-refractivity contribution in [1.29, 1.82) is 0 Å². The summed E-state index contributed by atoms with van der Waals surface area (Å²) in [7, 11) is 0. The van der Waals surface area contributed by atoms with Crippen LogP contribution in [0.2, 0.25) is 0 Å². The average Bonchev–Trinajstić information content (AvgIpc) is 3.32. The molecule has 3 aliphatic rings. The first-order valence-corrected chi connectivity index (χ1v) is 16.4. The van der Waals surface area contributed by atoms with Gasteiger partial charge in [0.15, 0.2) is 5.60 Å². The Morgan fingerprint density at radius 2 is 1.49 bits per heavy atom. The van der Waals surface area contributed by atoms with Crippen LogP contribution in [0.15, 0.2) is 108 Å². The Morgan fingerprint density at radius 1 is 0.767 bits per heavy atom. The fourth-order valence-electron chi connectivity index (χ4n) is 7.46. The van der Waals surface area contributed by atoms with Gasteiger partial charge in [-0.3, -0.25) is 0 Å². The number of morpholine rings is 1. The van der Waals surface area contributed by atoms with Gasteiger partial charge in [-0.15, -0.1) is 11.8 Å². The van der Waals surface area contributed by atoms with Crippen molar-refractivity contribution in [2.75, 3.05) is 37.5 Å². The minimum Gasteiger partial charge on any atom is -0.472 e. The minimum absolute atomic E-state index is 0.150. The predicted octanol–water partition coefficient (Wildman–Crippen LogP) is 9.05. The molecule has 0 radical (unpaired) electrons. The van der Waals surface area contributed by atoms with Gasteiger partial charge in [0.2, 0.25) is 0 Å². The van der Waals surface area contributed by atoms with E-state index in [9.17, 15) is 0 Å². The highest BCUT2D eigenvalue weighted by Gasteiger charge is 2.44. The number of anilines is 1. The molecule has 1 unspecified atom stereocenters. The van der Waals surface area contributed by atoms with E-state index in [1.807, 2.05) is 0 Å². The summed E-state index contributed by atoms with van der Waals surface area (Å²) >= 11 is 1.77. The van der Waals surface area contributed by atoms with E-state index in [1.54, 1.807) is 11.8 Å². The molecule has 2 heterocycles. The van der Waals surface area contributed by atoms with Crippen LogP contribution in [0.5, 0.6) is 5.75 Å². The Bertz CT molecular complexity index is 1890. The molecule has 214 valence electrons. The fourth-order valence-corrected chi connectivity index (χ4v) is 7.90. The third kappa shape index (κ3) is 4.00. The molecule has 0 bridgehead atoms. The van der Waals surface area contributed by atoms with Gasteiger partial charge >= 0.3 is 0 Å². The second kappa shape index (κ2) is 10.0. The quantitative estimate of drug-likeness (QED) is 0.197. The molecule has 4 heteroatoms. The van der Waals surface area contributed by atoms with E-state index in [2.05, 4.69) is 134 Å². The molecule has 2 aliphatic heterocycles. The molecule has 0 aromatic heterocycles. The van der Waals surface area contributed by atoms with Crippen LogP contribution in [0, 0.1) is 0 Å². The van der Waals surface area contributed by atoms with E-state index in [0.717, 1.165) is 43.2 Å². The molecule has 3 nitrogen and oxygen atoms in total. The van der Waals surface area contributed by atoms with Crippen molar-refractivity contribution in [2.24, 2.45) is 0 Å². The molecule has 0 amide bonds. The Labute approximate surface area is 258 Å². The molecular weight excluding hydrogens is 547 g/mol. The van der Waals surface area contributed by atoms with E-state index >= 15 is 0 Å². The first kappa shape index (κ1) is 26.6. The number of fused-ring (bicyclic) bond motifs is 8. The van der Waals surface area contributed by atoms with E-state index in [0.29, 0.717) is 0 Å². The van der Waals surface area contributed by atoms with Crippen molar-refractivity contribution >= 4 is 34.3 Å². The zero-order chi connectivity index (χ0) is 29.2. The third-order valence-electron chi connectivity index (χ3n) is 9.62. The van der Waals surface area contributed by atoms with Crippen molar-refractivity contribution in [1.82, 2.24) is 0 Å². The summed E-state index contributed by atoms with van der Waals surface area (Å²) in [6.07, 6.45) is 6.78. The van der Waals surface area contributed by atoms with Crippen LogP contribution >= 0.6 is 11.8 Å². The summed E-state index contributed by atoms with van der Waals surface area (Å²) in [5.41, 5.74) is 9.15. The third-order valence-corrected chi connectivity index (χ3v) is 10.3. The molecule has 5 aromatic rings. The summed E-state index contributed by atoms with van der Waals surface area (Å²) in [6, 6.07) is 35.4. The van der Waals surface area contributed by atoms with E-state index in [4.69, 9.17) is 9.47 Å². The Balaban J connectivity index is 1.37. The highest BCUT2D eigenvalue weighted by Crippen LogP contribution is 2.58. The lowest BCUT2D eigenvalue weighted by Crippen LogP contribution is -2.37. The molecule has 43 heavy (non-hydrogen) atoms. The molecule has 0 saturated carbocycles. The van der Waals surface area contributed by atoms with Gasteiger partial charge in [0.25, 0.3) is 0 Å². The number of rotatable bonds is 4. The summed E-state index contributed by atoms with van der Waals surface area (Å²) in [4.78, 5) is 3.63. The fraction of sp³-hybridized carbons (Fsp3) is 0.231. The second-order valence-corrected chi connectivity index (χ2v) is 13.1. The number of hydrogen-bond acceptors (Lipinski definition) is 4. The zero-order valence-corrected chi connectivity index (χ0v) is 25.7. The molecule has 5 aromatic carbocycles. The molecule has 1 atom stereocenters. The van der Waals surface area contributed by atoms with Crippen LogP contribution in [-0.2, 0) is 15.8 Å². The van der Waals surface area contributed by atoms with Gasteiger partial charge in [0.1, 0.15) is 5.75 Å². The summed E-state index contributed by atoms with van der Waals surface area (Å²) in [6.45, 7) is 8.09. The lowest BCUT2D eigenvalue weighted by Gasteiger charge is -2.38. The van der Waals surface area contributed by atoms with Gasteiger partial charge in [-0.1, -0.05) is 92.7 Å². The van der Waals surface area contributed by atoms with Crippen molar-refractivity contribution in [2.45, 2.75) is 29.8 Å². The van der Waals surface area contributed by atoms with Crippen LogP contribution in [0.4, 0.5) is 5.69 Å². The van der Waals surface area contributed by atoms with Crippen LogP contribution in [0.1, 0.15) is 41.7 Å². The topological polar surface area (TPSA) is 21.7 Å². The molecule has 1 fully saturated rings. The van der Waals surface area contributed by atoms with E-state index in [-0.39, 0.29) is 5.41 Å². The molecule has 1 aliphatic carbocycles. The van der Waals surface area contributed by atoms with Crippen molar-refractivity contribution in [3.05, 3.63) is 131 Å². The van der Waals surface area contributed by atoms with Gasteiger partial charge in [-0.05, 0) is 64.2 Å². The Hall–Kier alpha value is -3.99. The number of hydrogen-bond donors (Lipinski definition) is 0. The predicted molar refractivity (Wildman–Crippen MR) is 180 cm³/mol. The standard InChI is InChI=1S/C39H35NO2S/c1-38(2)34-12-8-7-11-31(34)35-30-18-17-29(43-3)25-33(30)37-32(36(35)38)19-20-39(42-37,26-9-5-4-6-10-26)27-13-15-28(16-14-27)40-21-23-41-24-22-40/h4-20,25H,21-24H2,1-3H3. The van der Waals surface area contributed by atoms with Gasteiger partial charge in [-0.25, -0.2) is 0 Å². The SMILES string of the molecule is CSc1ccc2c3c(c4c(c2c1)OC(c1ccccc1)(c1ccc(N2CCOCC2)cc1)C=C4)C(C)(C)c1ccccc1-3.